The average Bonchev–Trinajstić information content (AvgIpc) is 2.71. The maximum absolute atomic E-state index is 4.53. The lowest BCUT2D eigenvalue weighted by Gasteiger charge is -2.11. The summed E-state index contributed by atoms with van der Waals surface area (Å²) in [6.45, 7) is 6.55. The monoisotopic (exact) mass is 361 g/mol. The molecule has 26 heavy (non-hydrogen) atoms. The molecule has 4 heteroatoms. The molecule has 0 saturated heterocycles. The van der Waals surface area contributed by atoms with Gasteiger partial charge in [0.15, 0.2) is 5.82 Å². The number of hydrogen-bond acceptors (Lipinski definition) is 4. The highest BCUT2D eigenvalue weighted by Gasteiger charge is 2.06. The van der Waals surface area contributed by atoms with E-state index in [9.17, 15) is 0 Å². The van der Waals surface area contributed by atoms with Gasteiger partial charge in [0.2, 0.25) is 0 Å². The van der Waals surface area contributed by atoms with Crippen molar-refractivity contribution in [2.75, 3.05) is 11.1 Å². The molecule has 0 bridgehead atoms. The predicted octanol–water partition coefficient (Wildman–Crippen LogP) is 6.19. The molecule has 0 aliphatic rings. The number of anilines is 1. The van der Waals surface area contributed by atoms with Gasteiger partial charge in [-0.25, -0.2) is 4.98 Å². The summed E-state index contributed by atoms with van der Waals surface area (Å²) in [5.74, 6) is 1.85. The SMILES string of the molecule is C=Nc1cc(SCCC)cnc1NCc1cccc(-c2ccccc2)c1. The zero-order valence-electron chi connectivity index (χ0n) is 15.0. The van der Waals surface area contributed by atoms with E-state index in [1.54, 1.807) is 11.8 Å². The van der Waals surface area contributed by atoms with Crippen LogP contribution in [0.4, 0.5) is 11.5 Å². The molecule has 3 aromatic rings. The Morgan fingerprint density at radius 1 is 1.04 bits per heavy atom. The maximum atomic E-state index is 4.53. The maximum Gasteiger partial charge on any atom is 0.152 e. The van der Waals surface area contributed by atoms with Crippen molar-refractivity contribution in [2.45, 2.75) is 24.8 Å². The zero-order valence-corrected chi connectivity index (χ0v) is 15.8. The van der Waals surface area contributed by atoms with Gasteiger partial charge in [-0.2, -0.15) is 0 Å². The Morgan fingerprint density at radius 2 is 1.85 bits per heavy atom. The second-order valence-corrected chi connectivity index (χ2v) is 7.13. The number of benzene rings is 2. The number of pyridine rings is 1. The molecule has 2 aromatic carbocycles. The second-order valence-electron chi connectivity index (χ2n) is 5.97. The highest BCUT2D eigenvalue weighted by molar-refractivity contribution is 7.99. The molecule has 0 aliphatic heterocycles. The second kappa shape index (κ2) is 9.20. The lowest BCUT2D eigenvalue weighted by atomic mass is 10.0. The van der Waals surface area contributed by atoms with E-state index in [1.807, 2.05) is 18.3 Å². The van der Waals surface area contributed by atoms with Gasteiger partial charge in [0.25, 0.3) is 0 Å². The van der Waals surface area contributed by atoms with Crippen molar-refractivity contribution in [1.29, 1.82) is 0 Å². The van der Waals surface area contributed by atoms with Crippen molar-refractivity contribution in [3.63, 3.8) is 0 Å². The summed E-state index contributed by atoms with van der Waals surface area (Å²) in [6.07, 6.45) is 3.04. The molecule has 0 unspecified atom stereocenters. The average molecular weight is 362 g/mol. The van der Waals surface area contributed by atoms with Crippen molar-refractivity contribution >= 4 is 30.0 Å². The largest absolute Gasteiger partial charge is 0.364 e. The van der Waals surface area contributed by atoms with E-state index in [4.69, 9.17) is 0 Å². The molecule has 0 amide bonds. The van der Waals surface area contributed by atoms with Crippen LogP contribution in [-0.2, 0) is 6.54 Å². The van der Waals surface area contributed by atoms with Crippen LogP contribution in [0.5, 0.6) is 0 Å². The van der Waals surface area contributed by atoms with Gasteiger partial charge in [-0.05, 0) is 47.7 Å². The normalized spacial score (nSPS) is 10.5. The fraction of sp³-hybridized carbons (Fsp3) is 0.182. The quantitative estimate of drug-likeness (QED) is 0.384. The molecule has 0 spiro atoms. The number of aromatic nitrogens is 1. The van der Waals surface area contributed by atoms with Crippen LogP contribution in [0.3, 0.4) is 0 Å². The van der Waals surface area contributed by atoms with Gasteiger partial charge in [-0.1, -0.05) is 55.5 Å². The Labute approximate surface area is 159 Å². The van der Waals surface area contributed by atoms with Gasteiger partial charge in [-0.15, -0.1) is 11.8 Å². The summed E-state index contributed by atoms with van der Waals surface area (Å²) in [6, 6.07) is 21.0. The van der Waals surface area contributed by atoms with E-state index in [-0.39, 0.29) is 0 Å². The minimum Gasteiger partial charge on any atom is -0.364 e. The molecule has 0 fully saturated rings. The van der Waals surface area contributed by atoms with E-state index >= 15 is 0 Å². The molecule has 1 aromatic heterocycles. The van der Waals surface area contributed by atoms with Crippen LogP contribution in [0, 0.1) is 0 Å². The van der Waals surface area contributed by atoms with Crippen molar-refractivity contribution in [1.82, 2.24) is 4.98 Å². The Kier molecular flexibility index (Phi) is 6.45. The van der Waals surface area contributed by atoms with Crippen LogP contribution >= 0.6 is 11.8 Å². The van der Waals surface area contributed by atoms with Gasteiger partial charge in [0.05, 0.1) is 0 Å². The number of nitrogens with zero attached hydrogens (tertiary/aromatic N) is 2. The third-order valence-corrected chi connectivity index (χ3v) is 5.15. The molecule has 1 N–H and O–H groups in total. The molecule has 0 radical (unpaired) electrons. The van der Waals surface area contributed by atoms with Gasteiger partial charge >= 0.3 is 0 Å². The van der Waals surface area contributed by atoms with E-state index in [0.29, 0.717) is 6.54 Å². The van der Waals surface area contributed by atoms with Crippen LogP contribution in [0.25, 0.3) is 11.1 Å². The molecule has 1 heterocycles. The lowest BCUT2D eigenvalue weighted by molar-refractivity contribution is 1.09. The Bertz CT molecular complexity index is 862. The summed E-state index contributed by atoms with van der Waals surface area (Å²) in [4.78, 5) is 9.79. The first kappa shape index (κ1) is 18.2. The Morgan fingerprint density at radius 3 is 2.62 bits per heavy atom. The van der Waals surface area contributed by atoms with Gasteiger partial charge in [-0.3, -0.25) is 4.99 Å². The summed E-state index contributed by atoms with van der Waals surface area (Å²) in [5, 5.41) is 3.39. The third-order valence-electron chi connectivity index (χ3n) is 3.98. The standard InChI is InChI=1S/C22H23N3S/c1-3-12-26-20-14-21(23-2)22(25-16-20)24-15-17-8-7-11-19(13-17)18-9-5-4-6-10-18/h4-11,13-14,16H,2-3,12,15H2,1H3,(H,24,25). The molecule has 132 valence electrons. The number of hydrogen-bond donors (Lipinski definition) is 1. The van der Waals surface area contributed by atoms with E-state index in [0.717, 1.165) is 28.6 Å². The summed E-state index contributed by atoms with van der Waals surface area (Å²) >= 11 is 1.79. The van der Waals surface area contributed by atoms with Gasteiger partial charge < -0.3 is 5.32 Å². The Balaban J connectivity index is 1.72. The van der Waals surface area contributed by atoms with Gasteiger partial charge in [0.1, 0.15) is 5.69 Å². The smallest absolute Gasteiger partial charge is 0.152 e. The van der Waals surface area contributed by atoms with E-state index in [1.165, 1.54) is 16.7 Å². The first-order valence-corrected chi connectivity index (χ1v) is 9.76. The molecular formula is C22H23N3S. The lowest BCUT2D eigenvalue weighted by Crippen LogP contribution is -2.02. The fourth-order valence-electron chi connectivity index (χ4n) is 2.67. The molecule has 0 aliphatic carbocycles. The summed E-state index contributed by atoms with van der Waals surface area (Å²) in [5.41, 5.74) is 4.43. The van der Waals surface area contributed by atoms with Gasteiger partial charge in [0, 0.05) is 17.6 Å². The minimum atomic E-state index is 0.692. The van der Waals surface area contributed by atoms with E-state index < -0.39 is 0 Å². The van der Waals surface area contributed by atoms with Crippen molar-refractivity contribution in [3.8, 4) is 11.1 Å². The highest BCUT2D eigenvalue weighted by Crippen LogP contribution is 2.29. The number of thioether (sulfide) groups is 1. The third kappa shape index (κ3) is 4.73. The fourth-order valence-corrected chi connectivity index (χ4v) is 3.43. The minimum absolute atomic E-state index is 0.692. The number of rotatable bonds is 8. The van der Waals surface area contributed by atoms with Crippen LogP contribution in [-0.4, -0.2) is 17.5 Å². The van der Waals surface area contributed by atoms with Crippen molar-refractivity contribution in [2.24, 2.45) is 4.99 Å². The molecule has 3 nitrogen and oxygen atoms in total. The van der Waals surface area contributed by atoms with Crippen LogP contribution in [0.2, 0.25) is 0 Å². The molecular weight excluding hydrogens is 338 g/mol. The molecule has 0 saturated carbocycles. The first-order chi connectivity index (χ1) is 12.8. The van der Waals surface area contributed by atoms with Crippen molar-refractivity contribution < 1.29 is 0 Å². The molecule has 0 atom stereocenters. The first-order valence-electron chi connectivity index (χ1n) is 8.78. The van der Waals surface area contributed by atoms with Crippen molar-refractivity contribution in [3.05, 3.63) is 72.4 Å². The van der Waals surface area contributed by atoms with Crippen LogP contribution in [0.1, 0.15) is 18.9 Å². The summed E-state index contributed by atoms with van der Waals surface area (Å²) in [7, 11) is 0. The van der Waals surface area contributed by atoms with Crippen LogP contribution < -0.4 is 5.32 Å². The number of aliphatic imine (C=N–C) groups is 1. The molecule has 3 rings (SSSR count). The number of nitrogens with one attached hydrogen (secondary N) is 1. The highest BCUT2D eigenvalue weighted by atomic mass is 32.2. The topological polar surface area (TPSA) is 37.3 Å². The zero-order chi connectivity index (χ0) is 18.2. The van der Waals surface area contributed by atoms with Crippen LogP contribution in [0.15, 0.2) is 76.7 Å². The van der Waals surface area contributed by atoms with E-state index in [2.05, 4.69) is 77.5 Å². The predicted molar refractivity (Wildman–Crippen MR) is 114 cm³/mol. The summed E-state index contributed by atoms with van der Waals surface area (Å²) < 4.78 is 0. The Hall–Kier alpha value is -2.59.